The SMILES string of the molecule is C[C@H]1CCCc2sc3c(c21)c(=O)n(-c1ccccc1)c1n[nH]c(=S)n31. The van der Waals surface area contributed by atoms with Crippen LogP contribution in [0.25, 0.3) is 21.7 Å². The minimum atomic E-state index is -0.00560. The Morgan fingerprint density at radius 1 is 1.32 bits per heavy atom. The van der Waals surface area contributed by atoms with Crippen molar-refractivity contribution >= 4 is 39.5 Å². The Balaban J connectivity index is 2.04. The first-order chi connectivity index (χ1) is 12.2. The van der Waals surface area contributed by atoms with Crippen LogP contribution in [0.3, 0.4) is 0 Å². The van der Waals surface area contributed by atoms with Crippen LogP contribution in [-0.2, 0) is 6.42 Å². The summed E-state index contributed by atoms with van der Waals surface area (Å²) in [7, 11) is 0. The molecule has 4 aromatic rings. The number of H-pyrrole nitrogens is 1. The highest BCUT2D eigenvalue weighted by Gasteiger charge is 2.27. The lowest BCUT2D eigenvalue weighted by Crippen LogP contribution is -2.22. The van der Waals surface area contributed by atoms with Crippen LogP contribution in [0.2, 0.25) is 0 Å². The molecule has 0 radical (unpaired) electrons. The Labute approximate surface area is 152 Å². The summed E-state index contributed by atoms with van der Waals surface area (Å²) < 4.78 is 4.11. The number of benzene rings is 1. The van der Waals surface area contributed by atoms with Gasteiger partial charge in [-0.3, -0.25) is 4.79 Å². The summed E-state index contributed by atoms with van der Waals surface area (Å²) in [5, 5.41) is 8.01. The smallest absolute Gasteiger partial charge is 0.268 e. The molecule has 0 bridgehead atoms. The molecule has 0 unspecified atom stereocenters. The van der Waals surface area contributed by atoms with E-state index in [0.717, 1.165) is 28.7 Å². The van der Waals surface area contributed by atoms with Gasteiger partial charge < -0.3 is 0 Å². The second-order valence-electron chi connectivity index (χ2n) is 6.55. The number of nitrogens with one attached hydrogen (secondary N) is 1. The van der Waals surface area contributed by atoms with E-state index in [0.29, 0.717) is 16.5 Å². The third-order valence-electron chi connectivity index (χ3n) is 5.03. The van der Waals surface area contributed by atoms with Crippen LogP contribution in [0.4, 0.5) is 0 Å². The van der Waals surface area contributed by atoms with Crippen LogP contribution in [-0.4, -0.2) is 19.2 Å². The Morgan fingerprint density at radius 3 is 2.92 bits per heavy atom. The predicted molar refractivity (Wildman–Crippen MR) is 103 cm³/mol. The summed E-state index contributed by atoms with van der Waals surface area (Å²) in [5.74, 6) is 0.938. The third kappa shape index (κ3) is 2.02. The Bertz CT molecular complexity index is 1230. The first-order valence-corrected chi connectivity index (χ1v) is 9.62. The van der Waals surface area contributed by atoms with Crippen LogP contribution in [0.1, 0.15) is 36.1 Å². The predicted octanol–water partition coefficient (Wildman–Crippen LogP) is 4.20. The van der Waals surface area contributed by atoms with Gasteiger partial charge in [0.25, 0.3) is 5.56 Å². The fourth-order valence-corrected chi connectivity index (χ4v) is 5.63. The van der Waals surface area contributed by atoms with Crippen LogP contribution >= 0.6 is 23.6 Å². The highest BCUT2D eigenvalue weighted by molar-refractivity contribution is 7.71. The van der Waals surface area contributed by atoms with Crippen molar-refractivity contribution in [2.75, 3.05) is 0 Å². The Morgan fingerprint density at radius 2 is 2.12 bits per heavy atom. The average Bonchev–Trinajstić information content (AvgIpc) is 3.18. The van der Waals surface area contributed by atoms with E-state index >= 15 is 0 Å². The number of aromatic nitrogens is 4. The molecule has 126 valence electrons. The van der Waals surface area contributed by atoms with Crippen molar-refractivity contribution in [3.8, 4) is 5.69 Å². The van der Waals surface area contributed by atoms with Crippen molar-refractivity contribution in [1.82, 2.24) is 19.2 Å². The first-order valence-electron chi connectivity index (χ1n) is 8.39. The molecule has 5 nitrogen and oxygen atoms in total. The van der Waals surface area contributed by atoms with E-state index in [-0.39, 0.29) is 5.56 Å². The highest BCUT2D eigenvalue weighted by Crippen LogP contribution is 2.41. The average molecular weight is 368 g/mol. The second kappa shape index (κ2) is 5.37. The topological polar surface area (TPSA) is 55.1 Å². The Hall–Kier alpha value is -2.25. The number of nitrogens with zero attached hydrogens (tertiary/aromatic N) is 3. The van der Waals surface area contributed by atoms with Gasteiger partial charge in [-0.15, -0.1) is 16.4 Å². The fraction of sp³-hybridized carbons (Fsp3) is 0.278. The molecule has 0 saturated heterocycles. The number of thiophene rings is 1. The van der Waals surface area contributed by atoms with Crippen molar-refractivity contribution in [2.24, 2.45) is 0 Å². The molecular weight excluding hydrogens is 352 g/mol. The van der Waals surface area contributed by atoms with Gasteiger partial charge in [-0.2, -0.15) is 0 Å². The van der Waals surface area contributed by atoms with Crippen molar-refractivity contribution in [3.63, 3.8) is 0 Å². The van der Waals surface area contributed by atoms with E-state index in [1.807, 2.05) is 34.7 Å². The van der Waals surface area contributed by atoms with Gasteiger partial charge in [0.1, 0.15) is 4.83 Å². The van der Waals surface area contributed by atoms with E-state index in [1.54, 1.807) is 15.9 Å². The van der Waals surface area contributed by atoms with Gasteiger partial charge in [0.2, 0.25) is 10.5 Å². The van der Waals surface area contributed by atoms with Crippen molar-refractivity contribution in [1.29, 1.82) is 0 Å². The summed E-state index contributed by atoms with van der Waals surface area (Å²) in [6, 6.07) is 9.64. The normalized spacial score (nSPS) is 17.2. The van der Waals surface area contributed by atoms with Gasteiger partial charge in [0, 0.05) is 4.88 Å². The molecule has 3 heterocycles. The zero-order chi connectivity index (χ0) is 17.1. The van der Waals surface area contributed by atoms with E-state index in [2.05, 4.69) is 17.1 Å². The van der Waals surface area contributed by atoms with Crippen LogP contribution < -0.4 is 5.56 Å². The molecule has 0 fully saturated rings. The molecule has 0 saturated carbocycles. The monoisotopic (exact) mass is 368 g/mol. The van der Waals surface area contributed by atoms with Crippen LogP contribution in [0.15, 0.2) is 35.1 Å². The van der Waals surface area contributed by atoms with Gasteiger partial charge in [0.15, 0.2) is 0 Å². The molecule has 7 heteroatoms. The minimum absolute atomic E-state index is 0.00560. The van der Waals surface area contributed by atoms with Crippen LogP contribution in [0, 0.1) is 4.77 Å². The van der Waals surface area contributed by atoms with Crippen molar-refractivity contribution in [3.05, 3.63) is 55.9 Å². The highest BCUT2D eigenvalue weighted by atomic mass is 32.1. The lowest BCUT2D eigenvalue weighted by atomic mass is 9.88. The molecule has 1 aromatic carbocycles. The van der Waals surface area contributed by atoms with Gasteiger partial charge in [-0.05, 0) is 55.1 Å². The summed E-state index contributed by atoms with van der Waals surface area (Å²) in [6.45, 7) is 2.22. The summed E-state index contributed by atoms with van der Waals surface area (Å²) in [5.41, 5.74) is 2.01. The number of rotatable bonds is 1. The molecule has 3 aromatic heterocycles. The molecule has 1 N–H and O–H groups in total. The number of aryl methyl sites for hydroxylation is 1. The number of fused-ring (bicyclic) bond motifs is 5. The molecular formula is C18H16N4OS2. The molecule has 1 aliphatic rings. The maximum Gasteiger partial charge on any atom is 0.268 e. The molecule has 0 aliphatic heterocycles. The fourth-order valence-electron chi connectivity index (χ4n) is 3.90. The Kier molecular flexibility index (Phi) is 3.23. The number of hydrogen-bond acceptors (Lipinski definition) is 4. The standard InChI is InChI=1S/C18H16N4OS2/c1-10-6-5-9-12-13(10)14-15(23)21(11-7-3-2-4-8-11)17-19-20-18(24)22(17)16(14)25-12/h2-4,7-8,10H,5-6,9H2,1H3,(H,20,24)/t10-/m0/s1. The van der Waals surface area contributed by atoms with E-state index in [4.69, 9.17) is 12.2 Å². The largest absolute Gasteiger partial charge is 0.268 e. The van der Waals surface area contributed by atoms with Gasteiger partial charge in [-0.25, -0.2) is 14.1 Å². The van der Waals surface area contributed by atoms with E-state index in [9.17, 15) is 4.79 Å². The van der Waals surface area contributed by atoms with Gasteiger partial charge in [0.05, 0.1) is 11.1 Å². The van der Waals surface area contributed by atoms with Crippen molar-refractivity contribution in [2.45, 2.75) is 32.1 Å². The quantitative estimate of drug-likeness (QED) is 0.512. The molecule has 0 spiro atoms. The van der Waals surface area contributed by atoms with Gasteiger partial charge >= 0.3 is 0 Å². The molecule has 1 aliphatic carbocycles. The van der Waals surface area contributed by atoms with Crippen LogP contribution in [0.5, 0.6) is 0 Å². The van der Waals surface area contributed by atoms with Crippen molar-refractivity contribution < 1.29 is 0 Å². The molecule has 0 amide bonds. The minimum Gasteiger partial charge on any atom is -0.268 e. The summed E-state index contributed by atoms with van der Waals surface area (Å²) >= 11 is 7.17. The van der Waals surface area contributed by atoms with E-state index < -0.39 is 0 Å². The second-order valence-corrected chi connectivity index (χ2v) is 8.02. The summed E-state index contributed by atoms with van der Waals surface area (Å²) in [4.78, 5) is 15.7. The molecule has 5 rings (SSSR count). The first kappa shape index (κ1) is 15.0. The van der Waals surface area contributed by atoms with E-state index in [1.165, 1.54) is 16.9 Å². The maximum absolute atomic E-state index is 13.5. The summed E-state index contributed by atoms with van der Waals surface area (Å²) in [6.07, 6.45) is 3.34. The lowest BCUT2D eigenvalue weighted by molar-refractivity contribution is 0.601. The zero-order valence-corrected chi connectivity index (χ0v) is 15.3. The zero-order valence-electron chi connectivity index (χ0n) is 13.7. The number of para-hydroxylation sites is 1. The third-order valence-corrected chi connectivity index (χ3v) is 6.55. The number of hydrogen-bond donors (Lipinski definition) is 1. The molecule has 1 atom stereocenters. The van der Waals surface area contributed by atoms with Gasteiger partial charge in [-0.1, -0.05) is 25.1 Å². The maximum atomic E-state index is 13.5. The number of aromatic amines is 1. The molecule has 25 heavy (non-hydrogen) atoms. The lowest BCUT2D eigenvalue weighted by Gasteiger charge is -2.18.